The van der Waals surface area contributed by atoms with Crippen molar-refractivity contribution in [3.05, 3.63) is 0 Å². The van der Waals surface area contributed by atoms with E-state index in [4.69, 9.17) is 24.3 Å². The van der Waals surface area contributed by atoms with Gasteiger partial charge in [-0.1, -0.05) is 0 Å². The molecule has 0 aromatic rings. The first-order valence-corrected chi connectivity index (χ1v) is 3.53. The normalized spacial score (nSPS) is 5.73. The van der Waals surface area contributed by atoms with Gasteiger partial charge in [0.1, 0.15) is 0 Å². The maximum absolute atomic E-state index is 8.45. The minimum absolute atomic E-state index is 0. The Balaban J connectivity index is -0.0000000150. The molecule has 0 aromatic heterocycles. The van der Waals surface area contributed by atoms with Gasteiger partial charge in [-0.25, -0.2) is 0 Å². The van der Waals surface area contributed by atoms with Gasteiger partial charge in [-0.05, 0) is 0 Å². The van der Waals surface area contributed by atoms with Gasteiger partial charge in [0, 0.05) is 0 Å². The van der Waals surface area contributed by atoms with Crippen molar-refractivity contribution in [2.24, 2.45) is 0 Å². The van der Waals surface area contributed by atoms with Gasteiger partial charge in [0.15, 0.2) is 0 Å². The molecule has 0 aliphatic carbocycles. The Hall–Kier alpha value is 3.28. The fourth-order valence-corrected chi connectivity index (χ4v) is 0. The van der Waals surface area contributed by atoms with Crippen molar-refractivity contribution < 1.29 is 98.7 Å². The zero-order chi connectivity index (χ0) is 8.12. The summed E-state index contributed by atoms with van der Waals surface area (Å²) in [5.74, 6) is 0. The average Bonchev–Trinajstić information content (AvgIpc) is 1.70. The summed E-state index contributed by atoms with van der Waals surface area (Å²) in [5, 5.41) is 0. The van der Waals surface area contributed by atoms with Gasteiger partial charge in [0.2, 0.25) is 0 Å². The van der Waals surface area contributed by atoms with Crippen LogP contribution in [0.5, 0.6) is 0 Å². The Morgan fingerprint density at radius 1 is 0.727 bits per heavy atom. The summed E-state index contributed by atoms with van der Waals surface area (Å²) in [5.41, 5.74) is 0. The molecule has 0 amide bonds. The topological polar surface area (TPSA) is 112 Å². The molecule has 0 aliphatic rings. The van der Waals surface area contributed by atoms with Crippen molar-refractivity contribution in [1.82, 2.24) is 0 Å². The van der Waals surface area contributed by atoms with E-state index >= 15 is 0 Å². The first-order chi connectivity index (χ1) is 4.24. The Kier molecular flexibility index (Phi) is 135. The fraction of sp³-hybridized carbons (Fsp3) is 0. The molecular formula is H3Co3NaO6Sr. The van der Waals surface area contributed by atoms with Crippen molar-refractivity contribution in [2.75, 3.05) is 0 Å². The SMILES string of the molecule is [Na+].[O]=[Co-][OH].[O]=[Co-][OH].[O]=[Co-][OH].[Sr+2]. The molecule has 11 heavy (non-hydrogen) atoms. The minimum Gasteiger partial charge on any atom is 2.00 e. The van der Waals surface area contributed by atoms with Crippen LogP contribution in [0.15, 0.2) is 0 Å². The van der Waals surface area contributed by atoms with E-state index in [9.17, 15) is 0 Å². The molecule has 0 rings (SSSR count). The number of rotatable bonds is 0. The van der Waals surface area contributed by atoms with Crippen LogP contribution < -0.4 is 29.6 Å². The quantitative estimate of drug-likeness (QED) is 0.359. The molecule has 0 aromatic carbocycles. The minimum atomic E-state index is -0.812. The van der Waals surface area contributed by atoms with E-state index in [2.05, 4.69) is 0 Å². The molecule has 0 bridgehead atoms. The summed E-state index contributed by atoms with van der Waals surface area (Å²) in [6.07, 6.45) is 0. The second-order valence-electron chi connectivity index (χ2n) is 0.183. The third kappa shape index (κ3) is 157. The Morgan fingerprint density at radius 3 is 0.727 bits per heavy atom. The zero-order valence-electron chi connectivity index (χ0n) is 5.27. The van der Waals surface area contributed by atoms with Gasteiger partial charge in [-0.15, -0.1) is 0 Å². The van der Waals surface area contributed by atoms with Gasteiger partial charge < -0.3 is 0 Å². The van der Waals surface area contributed by atoms with E-state index in [1.165, 1.54) is 0 Å². The predicted octanol–water partition coefficient (Wildman–Crippen LogP) is -5.41. The molecule has 6 nitrogen and oxygen atoms in total. The van der Waals surface area contributed by atoms with E-state index in [1.54, 1.807) is 0 Å². The maximum atomic E-state index is 8.45. The number of hydrogen-bond acceptors (Lipinski definition) is 3. The molecule has 0 saturated heterocycles. The van der Waals surface area contributed by atoms with E-state index in [0.717, 1.165) is 0 Å². The van der Waals surface area contributed by atoms with E-state index in [-0.39, 0.29) is 75.0 Å². The fourth-order valence-electron chi connectivity index (χ4n) is 0. The van der Waals surface area contributed by atoms with Crippen molar-refractivity contribution in [3.63, 3.8) is 0 Å². The summed E-state index contributed by atoms with van der Waals surface area (Å²) in [6.45, 7) is 0. The maximum Gasteiger partial charge on any atom is 2.00 e. The van der Waals surface area contributed by atoms with Crippen molar-refractivity contribution in [1.29, 1.82) is 0 Å². The van der Waals surface area contributed by atoms with E-state index in [0.29, 0.717) is 0 Å². The smallest absolute Gasteiger partial charge is 2.00 e. The molecule has 69 valence electrons. The molecule has 0 atom stereocenters. The second kappa shape index (κ2) is 50.8. The molecule has 0 spiro atoms. The molecule has 0 aliphatic heterocycles. The standard InChI is InChI=1S/3Co.Na.3H2O.3O.Sr/h;;;;3*1H2;;;;/q;;;+1;;;;;;;+2/p-3. The first-order valence-electron chi connectivity index (χ1n) is 0.855. The van der Waals surface area contributed by atoms with Crippen LogP contribution in [0.4, 0.5) is 0 Å². The van der Waals surface area contributed by atoms with Crippen LogP contribution in [-0.4, -0.2) is 58.1 Å². The van der Waals surface area contributed by atoms with E-state index in [1.807, 2.05) is 0 Å². The van der Waals surface area contributed by atoms with Gasteiger partial charge in [0.25, 0.3) is 0 Å². The molecular weight excluding hydrogens is 383 g/mol. The third-order valence-electron chi connectivity index (χ3n) is 0. The largest absolute Gasteiger partial charge is 2.00 e. The van der Waals surface area contributed by atoms with Crippen molar-refractivity contribution in [2.45, 2.75) is 0 Å². The first kappa shape index (κ1) is 29.2. The average molecular weight is 386 g/mol. The molecule has 0 fully saturated rings. The van der Waals surface area contributed by atoms with Crippen LogP contribution in [0.3, 0.4) is 0 Å². The van der Waals surface area contributed by atoms with Gasteiger partial charge in [-0.3, -0.25) is 0 Å². The Labute approximate surface area is 141 Å². The molecule has 11 heteroatoms. The second-order valence-corrected chi connectivity index (χ2v) is 0.753. The summed E-state index contributed by atoms with van der Waals surface area (Å²) in [6, 6.07) is 0. The van der Waals surface area contributed by atoms with Crippen molar-refractivity contribution in [3.8, 4) is 0 Å². The Morgan fingerprint density at radius 2 is 0.727 bits per heavy atom. The number of hydrogen-bond donors (Lipinski definition) is 3. The van der Waals surface area contributed by atoms with Gasteiger partial charge >= 0.3 is 144 Å². The van der Waals surface area contributed by atoms with Crippen LogP contribution >= 0.6 is 0 Å². The van der Waals surface area contributed by atoms with Crippen LogP contribution in [0.2, 0.25) is 0 Å². The van der Waals surface area contributed by atoms with Crippen LogP contribution in [0.25, 0.3) is 0 Å². The predicted molar refractivity (Wildman–Crippen MR) is 14.5 cm³/mol. The summed E-state index contributed by atoms with van der Waals surface area (Å²) in [4.78, 5) is 0. The van der Waals surface area contributed by atoms with Crippen molar-refractivity contribution >= 4 is 45.5 Å². The molecule has 3 N–H and O–H groups in total. The monoisotopic (exact) mass is 387 g/mol. The summed E-state index contributed by atoms with van der Waals surface area (Å²) >= 11 is -2.44. The van der Waals surface area contributed by atoms with E-state index < -0.39 is 44.9 Å². The van der Waals surface area contributed by atoms with Gasteiger partial charge in [0.05, 0.1) is 0 Å². The third-order valence-corrected chi connectivity index (χ3v) is 0. The molecule has 0 saturated carbocycles. The van der Waals surface area contributed by atoms with Gasteiger partial charge in [-0.2, -0.15) is 0 Å². The molecule has 0 radical (unpaired) electrons. The Bertz CT molecular complexity index is 54.6. The van der Waals surface area contributed by atoms with Crippen LogP contribution in [-0.2, 0) is 56.5 Å². The zero-order valence-corrected chi connectivity index (χ0v) is 13.9. The molecule has 0 heterocycles. The van der Waals surface area contributed by atoms with Crippen LogP contribution in [0, 0.1) is 0 Å². The summed E-state index contributed by atoms with van der Waals surface area (Å²) in [7, 11) is 0. The van der Waals surface area contributed by atoms with Crippen LogP contribution in [0.1, 0.15) is 0 Å². The molecule has 0 unspecified atom stereocenters. The summed E-state index contributed by atoms with van der Waals surface area (Å²) < 4.78 is 46.3.